The van der Waals surface area contributed by atoms with Gasteiger partial charge in [-0.1, -0.05) is 0 Å². The van der Waals surface area contributed by atoms with Gasteiger partial charge in [0.15, 0.2) is 0 Å². The third-order valence-corrected chi connectivity index (χ3v) is 1.37. The van der Waals surface area contributed by atoms with Crippen molar-refractivity contribution in [1.29, 1.82) is 0 Å². The molecule has 1 amide bonds. The molecule has 1 aliphatic rings. The lowest BCUT2D eigenvalue weighted by Gasteiger charge is -2.32. The van der Waals surface area contributed by atoms with Crippen LogP contribution in [0.5, 0.6) is 0 Å². The SMILES string of the molecule is [2H]C1([2H])N(C(=O)OC(C)(C)C)C([2H])([2H])[C@]([2H])(C(=O)O)C([2H])([2H])C1([2H])[2H]. The van der Waals surface area contributed by atoms with E-state index in [1.54, 1.807) is 0 Å². The van der Waals surface area contributed by atoms with E-state index in [0.717, 1.165) is 0 Å². The van der Waals surface area contributed by atoms with Crippen LogP contribution in [0.3, 0.4) is 0 Å². The van der Waals surface area contributed by atoms with Gasteiger partial charge in [-0.05, 0) is 33.5 Å². The highest BCUT2D eigenvalue weighted by Gasteiger charge is 2.30. The Morgan fingerprint density at radius 1 is 1.56 bits per heavy atom. The summed E-state index contributed by atoms with van der Waals surface area (Å²) in [7, 11) is 0. The van der Waals surface area contributed by atoms with Gasteiger partial charge in [0, 0.05) is 22.6 Å². The van der Waals surface area contributed by atoms with E-state index in [1.807, 2.05) is 0 Å². The zero-order chi connectivity index (χ0) is 20.4. The number of carboxylic acid groups (broad SMARTS) is 1. The molecular formula is C11H19NO4. The Morgan fingerprint density at radius 2 is 2.19 bits per heavy atom. The summed E-state index contributed by atoms with van der Waals surface area (Å²) in [4.78, 5) is 23.4. The molecule has 5 nitrogen and oxygen atoms in total. The van der Waals surface area contributed by atoms with Crippen LogP contribution < -0.4 is 0 Å². The first kappa shape index (κ1) is 4.94. The number of amides is 1. The topological polar surface area (TPSA) is 66.8 Å². The number of hydrogen-bond acceptors (Lipinski definition) is 3. The van der Waals surface area contributed by atoms with Crippen LogP contribution in [0.1, 0.15) is 45.9 Å². The molecule has 1 aliphatic heterocycles. The molecule has 0 aromatic heterocycles. The minimum Gasteiger partial charge on any atom is -0.481 e. The Kier molecular flexibility index (Phi) is 1.46. The first-order valence-corrected chi connectivity index (χ1v) is 4.46. The normalized spacial score (nSPS) is 47.2. The van der Waals surface area contributed by atoms with Crippen molar-refractivity contribution in [3.05, 3.63) is 0 Å². The summed E-state index contributed by atoms with van der Waals surface area (Å²) in [6.45, 7) is -3.35. The molecule has 1 saturated heterocycles. The second kappa shape index (κ2) is 4.72. The molecule has 0 aliphatic carbocycles. The van der Waals surface area contributed by atoms with Crippen LogP contribution in [-0.4, -0.2) is 40.7 Å². The highest BCUT2D eigenvalue weighted by atomic mass is 16.6. The molecule has 0 radical (unpaired) electrons. The summed E-state index contributed by atoms with van der Waals surface area (Å²) in [6.07, 6.45) is -9.33. The third kappa shape index (κ3) is 3.72. The summed E-state index contributed by atoms with van der Waals surface area (Å²) in [5, 5.41) is 9.27. The standard InChI is InChI=1S/C11H19NO4/c1-11(2,3)16-10(15)12-6-4-5-8(7-12)9(13)14/h8H,4-7H2,1-3H3,(H,13,14)/t8-/m1/s1/i4D2,5D2,6D2,7D2,8D. The molecule has 5 heteroatoms. The minimum absolute atomic E-state index is 0.478. The molecule has 0 aromatic carbocycles. The maximum absolute atomic E-state index is 12.3. The predicted molar refractivity (Wildman–Crippen MR) is 58.2 cm³/mol. The minimum atomic E-state index is -3.87. The maximum atomic E-state index is 12.3. The second-order valence-electron chi connectivity index (χ2n) is 3.97. The summed E-state index contributed by atoms with van der Waals surface area (Å²) < 4.78 is 74.9. The van der Waals surface area contributed by atoms with Crippen molar-refractivity contribution in [2.75, 3.05) is 13.0 Å². The molecule has 1 heterocycles. The lowest BCUT2D eigenvalue weighted by molar-refractivity contribution is -0.143. The van der Waals surface area contributed by atoms with Gasteiger partial charge in [-0.3, -0.25) is 4.79 Å². The molecule has 0 unspecified atom stereocenters. The molecule has 1 fully saturated rings. The average molecular weight is 238 g/mol. The first-order chi connectivity index (χ1) is 10.7. The van der Waals surface area contributed by atoms with E-state index in [-0.39, 0.29) is 0 Å². The molecule has 0 spiro atoms. The Labute approximate surface area is 108 Å². The molecule has 92 valence electrons. The fourth-order valence-corrected chi connectivity index (χ4v) is 0.814. The van der Waals surface area contributed by atoms with E-state index in [0.29, 0.717) is 0 Å². The summed E-state index contributed by atoms with van der Waals surface area (Å²) in [6, 6.07) is 0. The van der Waals surface area contributed by atoms with Crippen molar-refractivity contribution in [1.82, 2.24) is 4.90 Å². The smallest absolute Gasteiger partial charge is 0.410 e. The fourth-order valence-electron chi connectivity index (χ4n) is 0.814. The molecule has 0 saturated carbocycles. The van der Waals surface area contributed by atoms with Gasteiger partial charge in [-0.15, -0.1) is 0 Å². The monoisotopic (exact) mass is 238 g/mol. The van der Waals surface area contributed by atoms with Crippen LogP contribution in [0.25, 0.3) is 0 Å². The number of likely N-dealkylation sites (tertiary alicyclic amines) is 1. The maximum Gasteiger partial charge on any atom is 0.410 e. The average Bonchev–Trinajstić information content (AvgIpc) is 2.32. The van der Waals surface area contributed by atoms with Crippen molar-refractivity contribution >= 4 is 12.1 Å². The summed E-state index contributed by atoms with van der Waals surface area (Å²) in [5.74, 6) is -6.26. The molecule has 16 heavy (non-hydrogen) atoms. The highest BCUT2D eigenvalue weighted by molar-refractivity contribution is 5.73. The number of carboxylic acids is 1. The zero-order valence-electron chi connectivity index (χ0n) is 18.1. The van der Waals surface area contributed by atoms with Gasteiger partial charge in [0.25, 0.3) is 0 Å². The molecular weight excluding hydrogens is 210 g/mol. The number of carbonyl (C=O) groups excluding carboxylic acids is 1. The number of nitrogens with zero attached hydrogens (tertiary/aromatic N) is 1. The lowest BCUT2D eigenvalue weighted by Crippen LogP contribution is -2.44. The quantitative estimate of drug-likeness (QED) is 0.755. The number of carbonyl (C=O) groups is 2. The van der Waals surface area contributed by atoms with Crippen LogP contribution in [-0.2, 0) is 9.53 Å². The van der Waals surface area contributed by atoms with Gasteiger partial charge in [-0.2, -0.15) is 0 Å². The highest BCUT2D eigenvalue weighted by Crippen LogP contribution is 2.19. The van der Waals surface area contributed by atoms with Crippen LogP contribution in [0.15, 0.2) is 0 Å². The molecule has 0 aromatic rings. The number of hydrogen-bond donors (Lipinski definition) is 1. The van der Waals surface area contributed by atoms with E-state index >= 15 is 0 Å². The third-order valence-electron chi connectivity index (χ3n) is 1.37. The predicted octanol–water partition coefficient (Wildman–Crippen LogP) is 1.72. The second-order valence-corrected chi connectivity index (χ2v) is 3.97. The summed E-state index contributed by atoms with van der Waals surface area (Å²) >= 11 is 0. The lowest BCUT2D eigenvalue weighted by atomic mass is 9.99. The van der Waals surface area contributed by atoms with E-state index in [2.05, 4.69) is 0 Å². The van der Waals surface area contributed by atoms with Crippen LogP contribution >= 0.6 is 0 Å². The van der Waals surface area contributed by atoms with Gasteiger partial charge in [0.1, 0.15) is 5.60 Å². The van der Waals surface area contributed by atoms with E-state index in [4.69, 9.17) is 17.1 Å². The van der Waals surface area contributed by atoms with Crippen molar-refractivity contribution in [2.45, 2.75) is 39.1 Å². The Hall–Kier alpha value is -1.26. The van der Waals surface area contributed by atoms with E-state index in [1.165, 1.54) is 20.8 Å². The fraction of sp³-hybridized carbons (Fsp3) is 0.818. The number of rotatable bonds is 1. The van der Waals surface area contributed by atoms with E-state index in [9.17, 15) is 14.7 Å². The zero-order valence-corrected chi connectivity index (χ0v) is 9.12. The molecule has 1 rings (SSSR count). The van der Waals surface area contributed by atoms with E-state index < -0.39 is 54.2 Å². The van der Waals surface area contributed by atoms with Gasteiger partial charge >= 0.3 is 12.1 Å². The van der Waals surface area contributed by atoms with Gasteiger partial charge < -0.3 is 14.7 Å². The van der Waals surface area contributed by atoms with Gasteiger partial charge in [-0.25, -0.2) is 4.79 Å². The van der Waals surface area contributed by atoms with Crippen molar-refractivity contribution < 1.29 is 31.8 Å². The van der Waals surface area contributed by atoms with Gasteiger partial charge in [0.05, 0.1) is 8.64 Å². The number of ether oxygens (including phenoxy) is 1. The van der Waals surface area contributed by atoms with Crippen LogP contribution in [0.2, 0.25) is 0 Å². The largest absolute Gasteiger partial charge is 0.481 e. The summed E-state index contributed by atoms with van der Waals surface area (Å²) in [5.41, 5.74) is -1.26. The molecule has 0 bridgehead atoms. The number of piperidine rings is 1. The van der Waals surface area contributed by atoms with Crippen LogP contribution in [0, 0.1) is 5.89 Å². The number of aliphatic carboxylic acids is 1. The Morgan fingerprint density at radius 3 is 2.69 bits per heavy atom. The molecule has 1 N–H and O–H groups in total. The van der Waals surface area contributed by atoms with Crippen LogP contribution in [0.4, 0.5) is 4.79 Å². The Bertz CT molecular complexity index is 601. The Balaban J connectivity index is 3.78. The van der Waals surface area contributed by atoms with Crippen molar-refractivity contribution in [2.24, 2.45) is 5.89 Å². The first-order valence-electron chi connectivity index (χ1n) is 8.96. The van der Waals surface area contributed by atoms with Crippen molar-refractivity contribution in [3.8, 4) is 0 Å². The molecule has 1 atom stereocenters. The van der Waals surface area contributed by atoms with Crippen molar-refractivity contribution in [3.63, 3.8) is 0 Å². The van der Waals surface area contributed by atoms with Gasteiger partial charge in [0.2, 0.25) is 0 Å².